The molecular formula is C10H11IN4. The lowest BCUT2D eigenvalue weighted by atomic mass is 9.93. The van der Waals surface area contributed by atoms with Crippen molar-refractivity contribution in [1.82, 2.24) is 14.5 Å². The molecule has 15 heavy (non-hydrogen) atoms. The van der Waals surface area contributed by atoms with Crippen LogP contribution in [0.4, 0.5) is 5.82 Å². The van der Waals surface area contributed by atoms with E-state index >= 15 is 0 Å². The van der Waals surface area contributed by atoms with Gasteiger partial charge in [-0.15, -0.1) is 0 Å². The molecule has 0 amide bonds. The maximum Gasteiger partial charge on any atom is 0.146 e. The van der Waals surface area contributed by atoms with E-state index in [1.54, 1.807) is 6.33 Å². The van der Waals surface area contributed by atoms with Gasteiger partial charge in [-0.05, 0) is 41.9 Å². The summed E-state index contributed by atoms with van der Waals surface area (Å²) in [6.07, 6.45) is 7.51. The number of nitrogen functional groups attached to an aromatic ring is 1. The maximum atomic E-state index is 5.86. The zero-order chi connectivity index (χ0) is 10.4. The van der Waals surface area contributed by atoms with E-state index in [0.29, 0.717) is 11.9 Å². The lowest BCUT2D eigenvalue weighted by Crippen LogP contribution is -2.16. The molecule has 0 saturated heterocycles. The molecule has 1 saturated carbocycles. The third-order valence-electron chi connectivity index (χ3n) is 3.06. The van der Waals surface area contributed by atoms with Crippen LogP contribution in [0.1, 0.15) is 25.3 Å². The average molecular weight is 314 g/mol. The largest absolute Gasteiger partial charge is 0.383 e. The van der Waals surface area contributed by atoms with E-state index in [1.807, 2.05) is 0 Å². The second-order valence-corrected chi connectivity index (χ2v) is 5.09. The number of aromatic nitrogens is 3. The molecule has 0 bridgehead atoms. The van der Waals surface area contributed by atoms with Gasteiger partial charge in [-0.25, -0.2) is 9.97 Å². The highest BCUT2D eigenvalue weighted by Gasteiger charge is 2.23. The molecule has 2 aromatic heterocycles. The van der Waals surface area contributed by atoms with Crippen molar-refractivity contribution >= 4 is 39.4 Å². The number of anilines is 1. The van der Waals surface area contributed by atoms with E-state index in [2.05, 4.69) is 43.3 Å². The number of rotatable bonds is 1. The number of nitrogens with two attached hydrogens (primary N) is 1. The Morgan fingerprint density at radius 1 is 1.40 bits per heavy atom. The molecule has 0 atom stereocenters. The summed E-state index contributed by atoms with van der Waals surface area (Å²) < 4.78 is 3.39. The number of hydrogen-bond acceptors (Lipinski definition) is 3. The van der Waals surface area contributed by atoms with Crippen LogP contribution in [0, 0.1) is 3.57 Å². The fraction of sp³-hybridized carbons (Fsp3) is 0.400. The van der Waals surface area contributed by atoms with Crippen LogP contribution in [0.25, 0.3) is 11.0 Å². The van der Waals surface area contributed by atoms with Gasteiger partial charge in [0, 0.05) is 15.8 Å². The number of halogens is 1. The summed E-state index contributed by atoms with van der Waals surface area (Å²) in [5.41, 5.74) is 6.84. The molecule has 0 spiro atoms. The lowest BCUT2D eigenvalue weighted by Gasteiger charge is -2.27. The molecule has 0 aliphatic heterocycles. The summed E-state index contributed by atoms with van der Waals surface area (Å²) in [6.45, 7) is 0. The van der Waals surface area contributed by atoms with Crippen LogP contribution in [-0.4, -0.2) is 14.5 Å². The van der Waals surface area contributed by atoms with Crippen LogP contribution < -0.4 is 5.73 Å². The van der Waals surface area contributed by atoms with E-state index in [0.717, 1.165) is 14.6 Å². The molecule has 0 radical (unpaired) electrons. The van der Waals surface area contributed by atoms with Gasteiger partial charge < -0.3 is 10.3 Å². The van der Waals surface area contributed by atoms with E-state index in [1.165, 1.54) is 19.3 Å². The SMILES string of the molecule is Nc1ncnc2c1c(I)cn2C1CCC1. The Morgan fingerprint density at radius 2 is 2.20 bits per heavy atom. The average Bonchev–Trinajstić information content (AvgIpc) is 2.43. The van der Waals surface area contributed by atoms with Crippen LogP contribution in [0.2, 0.25) is 0 Å². The number of fused-ring (bicyclic) bond motifs is 1. The van der Waals surface area contributed by atoms with Crippen LogP contribution in [0.15, 0.2) is 12.5 Å². The lowest BCUT2D eigenvalue weighted by molar-refractivity contribution is 0.320. The molecule has 0 aromatic carbocycles. The predicted molar refractivity (Wildman–Crippen MR) is 67.5 cm³/mol. The molecular weight excluding hydrogens is 303 g/mol. The first-order valence-electron chi connectivity index (χ1n) is 5.04. The quantitative estimate of drug-likeness (QED) is 0.822. The minimum Gasteiger partial charge on any atom is -0.383 e. The van der Waals surface area contributed by atoms with Crippen LogP contribution in [0.5, 0.6) is 0 Å². The first-order valence-corrected chi connectivity index (χ1v) is 6.12. The molecule has 2 N–H and O–H groups in total. The van der Waals surface area contributed by atoms with Crippen molar-refractivity contribution in [2.45, 2.75) is 25.3 Å². The highest BCUT2D eigenvalue weighted by molar-refractivity contribution is 14.1. The number of nitrogens with zero attached hydrogens (tertiary/aromatic N) is 3. The highest BCUT2D eigenvalue weighted by Crippen LogP contribution is 2.36. The first kappa shape index (κ1) is 9.38. The highest BCUT2D eigenvalue weighted by atomic mass is 127. The third-order valence-corrected chi connectivity index (χ3v) is 3.88. The molecule has 1 fully saturated rings. The molecule has 2 aromatic rings. The maximum absolute atomic E-state index is 5.86. The molecule has 78 valence electrons. The Balaban J connectivity index is 2.27. The summed E-state index contributed by atoms with van der Waals surface area (Å²) >= 11 is 2.30. The second-order valence-electron chi connectivity index (χ2n) is 3.93. The van der Waals surface area contributed by atoms with Gasteiger partial charge in [0.2, 0.25) is 0 Å². The standard InChI is InChI=1S/C10H11IN4/c11-7-4-15(6-2-1-3-6)10-8(7)9(12)13-5-14-10/h4-6H,1-3H2,(H2,12,13,14). The predicted octanol–water partition coefficient (Wildman–Crippen LogP) is 2.34. The van der Waals surface area contributed by atoms with Crippen molar-refractivity contribution < 1.29 is 0 Å². The van der Waals surface area contributed by atoms with Gasteiger partial charge in [0.05, 0.1) is 5.39 Å². The van der Waals surface area contributed by atoms with Gasteiger partial charge in [0.15, 0.2) is 0 Å². The summed E-state index contributed by atoms with van der Waals surface area (Å²) in [5.74, 6) is 0.586. The minimum absolute atomic E-state index is 0.586. The Labute approximate surface area is 101 Å². The zero-order valence-corrected chi connectivity index (χ0v) is 10.3. The monoisotopic (exact) mass is 314 g/mol. The normalized spacial score (nSPS) is 16.9. The van der Waals surface area contributed by atoms with Gasteiger partial charge in [0.1, 0.15) is 17.8 Å². The summed E-state index contributed by atoms with van der Waals surface area (Å²) in [7, 11) is 0. The Bertz CT molecular complexity index is 515. The van der Waals surface area contributed by atoms with Crippen molar-refractivity contribution in [3.8, 4) is 0 Å². The fourth-order valence-corrected chi connectivity index (χ4v) is 2.82. The molecule has 1 aliphatic rings. The van der Waals surface area contributed by atoms with Gasteiger partial charge in [-0.3, -0.25) is 0 Å². The molecule has 4 nitrogen and oxygen atoms in total. The second kappa shape index (κ2) is 3.33. The van der Waals surface area contributed by atoms with Crippen LogP contribution in [-0.2, 0) is 0 Å². The van der Waals surface area contributed by atoms with Crippen molar-refractivity contribution in [2.24, 2.45) is 0 Å². The molecule has 0 unspecified atom stereocenters. The van der Waals surface area contributed by atoms with Gasteiger partial charge in [-0.2, -0.15) is 0 Å². The molecule has 3 rings (SSSR count). The Hall–Kier alpha value is -0.850. The van der Waals surface area contributed by atoms with Crippen LogP contribution in [0.3, 0.4) is 0 Å². The van der Waals surface area contributed by atoms with Gasteiger partial charge in [-0.1, -0.05) is 0 Å². The van der Waals surface area contributed by atoms with Gasteiger partial charge >= 0.3 is 0 Å². The van der Waals surface area contributed by atoms with Crippen molar-refractivity contribution in [3.63, 3.8) is 0 Å². The molecule has 5 heteroatoms. The summed E-state index contributed by atoms with van der Waals surface area (Å²) in [5, 5.41) is 1.00. The molecule has 2 heterocycles. The van der Waals surface area contributed by atoms with E-state index in [-0.39, 0.29) is 0 Å². The Kier molecular flexibility index (Phi) is 2.08. The van der Waals surface area contributed by atoms with Crippen molar-refractivity contribution in [1.29, 1.82) is 0 Å². The van der Waals surface area contributed by atoms with Crippen molar-refractivity contribution in [3.05, 3.63) is 16.1 Å². The molecule has 1 aliphatic carbocycles. The fourth-order valence-electron chi connectivity index (χ4n) is 2.01. The zero-order valence-electron chi connectivity index (χ0n) is 8.15. The van der Waals surface area contributed by atoms with Crippen molar-refractivity contribution in [2.75, 3.05) is 5.73 Å². The first-order chi connectivity index (χ1) is 7.27. The third kappa shape index (κ3) is 1.32. The van der Waals surface area contributed by atoms with Gasteiger partial charge in [0.25, 0.3) is 0 Å². The topological polar surface area (TPSA) is 56.7 Å². The van der Waals surface area contributed by atoms with E-state index < -0.39 is 0 Å². The minimum atomic E-state index is 0.586. The summed E-state index contributed by atoms with van der Waals surface area (Å²) in [4.78, 5) is 8.37. The van der Waals surface area contributed by atoms with E-state index in [9.17, 15) is 0 Å². The van der Waals surface area contributed by atoms with Crippen LogP contribution >= 0.6 is 22.6 Å². The number of hydrogen-bond donors (Lipinski definition) is 1. The smallest absolute Gasteiger partial charge is 0.146 e. The Morgan fingerprint density at radius 3 is 2.87 bits per heavy atom. The van der Waals surface area contributed by atoms with E-state index in [4.69, 9.17) is 5.73 Å². The summed E-state index contributed by atoms with van der Waals surface area (Å²) in [6, 6.07) is 0.616.